The number of pyridine rings is 1. The number of furan rings is 1. The summed E-state index contributed by atoms with van der Waals surface area (Å²) in [6, 6.07) is 15.4. The van der Waals surface area contributed by atoms with Crippen molar-refractivity contribution < 1.29 is 4.42 Å². The van der Waals surface area contributed by atoms with Gasteiger partial charge in [0.1, 0.15) is 11.3 Å². The summed E-state index contributed by atoms with van der Waals surface area (Å²) in [5.74, 6) is 1.03. The lowest BCUT2D eigenvalue weighted by atomic mass is 10.0. The number of hydrogen-bond donors (Lipinski definition) is 1. The first-order valence-electron chi connectivity index (χ1n) is 9.64. The molecule has 0 bridgehead atoms. The molecular weight excluding hydrogens is 322 g/mol. The molecule has 0 saturated carbocycles. The lowest BCUT2D eigenvalue weighted by Crippen LogP contribution is -2.43. The van der Waals surface area contributed by atoms with Gasteiger partial charge in [0.2, 0.25) is 0 Å². The molecule has 1 fully saturated rings. The fourth-order valence-electron chi connectivity index (χ4n) is 3.81. The number of likely N-dealkylation sites (tertiary alicyclic amines) is 1. The molecule has 4 heteroatoms. The summed E-state index contributed by atoms with van der Waals surface area (Å²) < 4.78 is 6.00. The van der Waals surface area contributed by atoms with Gasteiger partial charge in [-0.1, -0.05) is 18.2 Å². The summed E-state index contributed by atoms with van der Waals surface area (Å²) in [6.45, 7) is 5.66. The van der Waals surface area contributed by atoms with E-state index in [1.165, 1.54) is 23.8 Å². The molecule has 0 unspecified atom stereocenters. The molecule has 0 amide bonds. The highest BCUT2D eigenvalue weighted by Gasteiger charge is 2.22. The highest BCUT2D eigenvalue weighted by molar-refractivity contribution is 5.77. The van der Waals surface area contributed by atoms with Crippen LogP contribution in [-0.2, 0) is 6.42 Å². The van der Waals surface area contributed by atoms with E-state index in [4.69, 9.17) is 4.42 Å². The van der Waals surface area contributed by atoms with Crippen molar-refractivity contribution in [1.29, 1.82) is 0 Å². The van der Waals surface area contributed by atoms with E-state index in [1.54, 1.807) is 0 Å². The highest BCUT2D eigenvalue weighted by atomic mass is 16.3. The molecule has 2 aromatic heterocycles. The maximum Gasteiger partial charge on any atom is 0.134 e. The van der Waals surface area contributed by atoms with E-state index in [-0.39, 0.29) is 6.04 Å². The number of nitrogens with one attached hydrogen (secondary N) is 1. The minimum Gasteiger partial charge on any atom is -0.459 e. The van der Waals surface area contributed by atoms with E-state index in [2.05, 4.69) is 52.5 Å². The summed E-state index contributed by atoms with van der Waals surface area (Å²) in [4.78, 5) is 6.66. The van der Waals surface area contributed by atoms with Crippen LogP contribution in [0, 0.1) is 0 Å². The third-order valence-electron chi connectivity index (χ3n) is 5.41. The number of fused-ring (bicyclic) bond motifs is 1. The summed E-state index contributed by atoms with van der Waals surface area (Å²) in [5.41, 5.74) is 2.35. The Morgan fingerprint density at radius 2 is 1.92 bits per heavy atom. The Hall–Kier alpha value is -2.17. The minimum atomic E-state index is 0.246. The quantitative estimate of drug-likeness (QED) is 0.725. The van der Waals surface area contributed by atoms with Crippen molar-refractivity contribution in [3.63, 3.8) is 0 Å². The van der Waals surface area contributed by atoms with Gasteiger partial charge in [0.05, 0.1) is 6.04 Å². The summed E-state index contributed by atoms with van der Waals surface area (Å²) >= 11 is 0. The van der Waals surface area contributed by atoms with E-state index >= 15 is 0 Å². The van der Waals surface area contributed by atoms with E-state index in [1.807, 2.05) is 24.5 Å². The van der Waals surface area contributed by atoms with Gasteiger partial charge >= 0.3 is 0 Å². The molecule has 136 valence electrons. The predicted octanol–water partition coefficient (Wildman–Crippen LogP) is 4.19. The average molecular weight is 349 g/mol. The van der Waals surface area contributed by atoms with Gasteiger partial charge in [0.15, 0.2) is 0 Å². The Morgan fingerprint density at radius 3 is 2.69 bits per heavy atom. The van der Waals surface area contributed by atoms with Crippen molar-refractivity contribution in [2.75, 3.05) is 19.6 Å². The van der Waals surface area contributed by atoms with Crippen molar-refractivity contribution in [3.8, 4) is 0 Å². The molecule has 3 aromatic rings. The van der Waals surface area contributed by atoms with Crippen LogP contribution in [0.3, 0.4) is 0 Å². The molecule has 4 nitrogen and oxygen atoms in total. The summed E-state index contributed by atoms with van der Waals surface area (Å²) in [6.07, 6.45) is 7.26. The Kier molecular flexibility index (Phi) is 5.32. The Bertz CT molecular complexity index is 789. The molecule has 1 aliphatic heterocycles. The largest absolute Gasteiger partial charge is 0.459 e. The van der Waals surface area contributed by atoms with E-state index < -0.39 is 0 Å². The van der Waals surface area contributed by atoms with Gasteiger partial charge < -0.3 is 14.6 Å². The highest BCUT2D eigenvalue weighted by Crippen LogP contribution is 2.25. The second-order valence-electron chi connectivity index (χ2n) is 7.30. The zero-order valence-corrected chi connectivity index (χ0v) is 15.4. The second kappa shape index (κ2) is 8.02. The summed E-state index contributed by atoms with van der Waals surface area (Å²) in [7, 11) is 0. The normalized spacial score (nSPS) is 17.6. The van der Waals surface area contributed by atoms with Gasteiger partial charge in [-0.3, -0.25) is 4.98 Å². The topological polar surface area (TPSA) is 41.3 Å². The van der Waals surface area contributed by atoms with Gasteiger partial charge in [0.25, 0.3) is 0 Å². The molecule has 0 aliphatic carbocycles. The number of piperidine rings is 1. The van der Waals surface area contributed by atoms with Crippen LogP contribution in [0.1, 0.15) is 37.1 Å². The number of hydrogen-bond acceptors (Lipinski definition) is 4. The Balaban J connectivity index is 1.25. The van der Waals surface area contributed by atoms with Crippen LogP contribution in [0.4, 0.5) is 0 Å². The van der Waals surface area contributed by atoms with Crippen molar-refractivity contribution in [1.82, 2.24) is 15.2 Å². The maximum atomic E-state index is 6.00. The molecule has 3 heterocycles. The van der Waals surface area contributed by atoms with E-state index in [0.29, 0.717) is 6.04 Å². The lowest BCUT2D eigenvalue weighted by molar-refractivity contribution is 0.191. The lowest BCUT2D eigenvalue weighted by Gasteiger charge is -2.33. The van der Waals surface area contributed by atoms with Crippen LogP contribution in [0.15, 0.2) is 59.3 Å². The second-order valence-corrected chi connectivity index (χ2v) is 7.30. The number of benzene rings is 1. The predicted molar refractivity (Wildman–Crippen MR) is 105 cm³/mol. The first kappa shape index (κ1) is 17.3. The van der Waals surface area contributed by atoms with Crippen LogP contribution in [0.25, 0.3) is 11.0 Å². The average Bonchev–Trinajstić information content (AvgIpc) is 3.13. The van der Waals surface area contributed by atoms with Crippen molar-refractivity contribution in [3.05, 3.63) is 66.2 Å². The SMILES string of the molecule is C[C@H](NC1CCN(CCc2ccncc2)CC1)c1cc2ccccc2o1. The smallest absolute Gasteiger partial charge is 0.134 e. The third kappa shape index (κ3) is 4.14. The molecular formula is C22H27N3O. The van der Waals surface area contributed by atoms with Crippen LogP contribution in [0.2, 0.25) is 0 Å². The molecule has 1 aromatic carbocycles. The van der Waals surface area contributed by atoms with Gasteiger partial charge in [-0.25, -0.2) is 0 Å². The zero-order valence-electron chi connectivity index (χ0n) is 15.4. The van der Waals surface area contributed by atoms with Gasteiger partial charge in [-0.05, 0) is 69.1 Å². The standard InChI is InChI=1S/C22H27N3O/c1-17(22-16-19-4-2-3-5-21(19)26-22)24-20-9-14-25(15-10-20)13-8-18-6-11-23-12-7-18/h2-7,11-12,16-17,20,24H,8-10,13-15H2,1H3/t17-/m0/s1. The molecule has 26 heavy (non-hydrogen) atoms. The molecule has 0 spiro atoms. The molecule has 1 aliphatic rings. The zero-order chi connectivity index (χ0) is 17.8. The number of rotatable bonds is 6. The van der Waals surface area contributed by atoms with Crippen LogP contribution in [-0.4, -0.2) is 35.6 Å². The van der Waals surface area contributed by atoms with E-state index in [9.17, 15) is 0 Å². The van der Waals surface area contributed by atoms with Crippen LogP contribution >= 0.6 is 0 Å². The monoisotopic (exact) mass is 349 g/mol. The van der Waals surface area contributed by atoms with Crippen LogP contribution < -0.4 is 5.32 Å². The molecule has 4 rings (SSSR count). The van der Waals surface area contributed by atoms with E-state index in [0.717, 1.165) is 37.4 Å². The third-order valence-corrected chi connectivity index (χ3v) is 5.41. The Morgan fingerprint density at radius 1 is 1.15 bits per heavy atom. The summed E-state index contributed by atoms with van der Waals surface area (Å²) in [5, 5.41) is 4.94. The molecule has 1 saturated heterocycles. The molecule has 1 N–H and O–H groups in total. The fraction of sp³-hybridized carbons (Fsp3) is 0.409. The number of para-hydroxylation sites is 1. The fourth-order valence-corrected chi connectivity index (χ4v) is 3.81. The number of aromatic nitrogens is 1. The molecule has 1 atom stereocenters. The van der Waals surface area contributed by atoms with Gasteiger partial charge in [0, 0.05) is 30.4 Å². The van der Waals surface area contributed by atoms with Crippen molar-refractivity contribution in [2.24, 2.45) is 0 Å². The first-order valence-corrected chi connectivity index (χ1v) is 9.64. The maximum absolute atomic E-state index is 6.00. The minimum absolute atomic E-state index is 0.246. The van der Waals surface area contributed by atoms with Crippen molar-refractivity contribution >= 4 is 11.0 Å². The van der Waals surface area contributed by atoms with Crippen LogP contribution in [0.5, 0.6) is 0 Å². The van der Waals surface area contributed by atoms with Crippen molar-refractivity contribution in [2.45, 2.75) is 38.3 Å². The first-order chi connectivity index (χ1) is 12.8. The van der Waals surface area contributed by atoms with Gasteiger partial charge in [-0.15, -0.1) is 0 Å². The number of nitrogens with zero attached hydrogens (tertiary/aromatic N) is 2. The molecule has 0 radical (unpaired) electrons. The Labute approximate surface area is 155 Å². The van der Waals surface area contributed by atoms with Gasteiger partial charge in [-0.2, -0.15) is 0 Å².